The molecule has 38 heavy (non-hydrogen) atoms. The van der Waals surface area contributed by atoms with E-state index in [1.807, 2.05) is 79.7 Å². The Morgan fingerprint density at radius 1 is 0.947 bits per heavy atom. The lowest BCUT2D eigenvalue weighted by Crippen LogP contribution is -2.36. The number of nitrogens with one attached hydrogen (secondary N) is 2. The van der Waals surface area contributed by atoms with Crippen molar-refractivity contribution in [2.24, 2.45) is 0 Å². The SMILES string of the molecule is Cc1ccc(C(=O)Nc2ccc(N3CCOCC3)cc2)cc1-c1ccc(C(=O)NCc2cccc(Cl)c2)s1. The van der Waals surface area contributed by atoms with Crippen molar-refractivity contribution in [3.05, 3.63) is 105 Å². The molecule has 1 fully saturated rings. The molecular weight excluding hydrogens is 518 g/mol. The second-order valence-electron chi connectivity index (χ2n) is 9.11. The van der Waals surface area contributed by atoms with Gasteiger partial charge in [0.1, 0.15) is 0 Å². The number of amides is 2. The molecule has 3 aromatic carbocycles. The summed E-state index contributed by atoms with van der Waals surface area (Å²) in [5.74, 6) is -0.324. The zero-order chi connectivity index (χ0) is 26.5. The van der Waals surface area contributed by atoms with Crippen LogP contribution in [0.15, 0.2) is 78.9 Å². The van der Waals surface area contributed by atoms with Crippen molar-refractivity contribution in [1.29, 1.82) is 0 Å². The molecule has 0 spiro atoms. The fourth-order valence-corrected chi connectivity index (χ4v) is 5.55. The van der Waals surface area contributed by atoms with E-state index in [2.05, 4.69) is 15.5 Å². The van der Waals surface area contributed by atoms with Gasteiger partial charge < -0.3 is 20.3 Å². The summed E-state index contributed by atoms with van der Waals surface area (Å²) < 4.78 is 5.42. The summed E-state index contributed by atoms with van der Waals surface area (Å²) in [4.78, 5) is 29.6. The predicted molar refractivity (Wildman–Crippen MR) is 155 cm³/mol. The van der Waals surface area contributed by atoms with E-state index >= 15 is 0 Å². The van der Waals surface area contributed by atoms with Crippen molar-refractivity contribution in [1.82, 2.24) is 5.32 Å². The molecule has 1 aromatic heterocycles. The van der Waals surface area contributed by atoms with Crippen LogP contribution in [0, 0.1) is 6.92 Å². The number of halogens is 1. The third-order valence-electron chi connectivity index (χ3n) is 6.44. The van der Waals surface area contributed by atoms with Gasteiger partial charge in [-0.25, -0.2) is 0 Å². The maximum absolute atomic E-state index is 13.0. The number of ether oxygens (including phenoxy) is 1. The van der Waals surface area contributed by atoms with Crippen LogP contribution in [0.3, 0.4) is 0 Å². The van der Waals surface area contributed by atoms with Crippen molar-refractivity contribution < 1.29 is 14.3 Å². The Balaban J connectivity index is 1.25. The minimum atomic E-state index is -0.179. The smallest absolute Gasteiger partial charge is 0.261 e. The number of anilines is 2. The van der Waals surface area contributed by atoms with E-state index in [-0.39, 0.29) is 11.8 Å². The second kappa shape index (κ2) is 11.8. The number of carbonyl (C=O) groups excluding carboxylic acids is 2. The molecule has 2 heterocycles. The highest BCUT2D eigenvalue weighted by molar-refractivity contribution is 7.17. The molecule has 0 atom stereocenters. The minimum absolute atomic E-state index is 0.145. The van der Waals surface area contributed by atoms with E-state index in [0.717, 1.165) is 59.2 Å². The maximum Gasteiger partial charge on any atom is 0.261 e. The zero-order valence-electron chi connectivity index (χ0n) is 21.0. The molecule has 1 aliphatic rings. The summed E-state index contributed by atoms with van der Waals surface area (Å²) in [5.41, 5.74) is 5.32. The Morgan fingerprint density at radius 3 is 2.50 bits per heavy atom. The first kappa shape index (κ1) is 26.0. The number of hydrogen-bond acceptors (Lipinski definition) is 5. The van der Waals surface area contributed by atoms with Crippen molar-refractivity contribution in [2.45, 2.75) is 13.5 Å². The van der Waals surface area contributed by atoms with Gasteiger partial charge in [0.15, 0.2) is 0 Å². The van der Waals surface area contributed by atoms with E-state index in [0.29, 0.717) is 22.0 Å². The van der Waals surface area contributed by atoms with E-state index < -0.39 is 0 Å². The van der Waals surface area contributed by atoms with Gasteiger partial charge in [-0.05, 0) is 84.3 Å². The zero-order valence-corrected chi connectivity index (χ0v) is 22.6. The fourth-order valence-electron chi connectivity index (χ4n) is 4.33. The first-order valence-corrected chi connectivity index (χ1v) is 13.6. The van der Waals surface area contributed by atoms with Gasteiger partial charge >= 0.3 is 0 Å². The van der Waals surface area contributed by atoms with E-state index in [9.17, 15) is 9.59 Å². The van der Waals surface area contributed by atoms with Crippen LogP contribution in [0.5, 0.6) is 0 Å². The number of nitrogens with zero attached hydrogens (tertiary/aromatic N) is 1. The van der Waals surface area contributed by atoms with Crippen LogP contribution < -0.4 is 15.5 Å². The number of aryl methyl sites for hydroxylation is 1. The average Bonchev–Trinajstić information content (AvgIpc) is 3.43. The summed E-state index contributed by atoms with van der Waals surface area (Å²) in [6.45, 7) is 5.59. The number of benzene rings is 3. The van der Waals surface area contributed by atoms with Gasteiger partial charge in [-0.1, -0.05) is 29.8 Å². The lowest BCUT2D eigenvalue weighted by Gasteiger charge is -2.28. The monoisotopic (exact) mass is 545 g/mol. The highest BCUT2D eigenvalue weighted by atomic mass is 35.5. The minimum Gasteiger partial charge on any atom is -0.378 e. The molecule has 0 radical (unpaired) electrons. The Bertz CT molecular complexity index is 1450. The summed E-state index contributed by atoms with van der Waals surface area (Å²) in [6, 6.07) is 24.7. The fraction of sp³-hybridized carbons (Fsp3) is 0.200. The normalized spacial score (nSPS) is 13.3. The molecule has 1 aliphatic heterocycles. The third-order valence-corrected chi connectivity index (χ3v) is 7.79. The van der Waals surface area contributed by atoms with Crippen molar-refractivity contribution >= 4 is 46.1 Å². The van der Waals surface area contributed by atoms with Gasteiger partial charge in [-0.2, -0.15) is 0 Å². The van der Waals surface area contributed by atoms with Crippen LogP contribution >= 0.6 is 22.9 Å². The standard InChI is InChI=1S/C30H28ClN3O3S/c1-20-5-6-22(29(35)33-24-7-9-25(10-8-24)34-13-15-37-16-14-34)18-26(20)27-11-12-28(38-27)30(36)32-19-21-3-2-4-23(31)17-21/h2-12,17-18H,13-16,19H2,1H3,(H,32,36)(H,33,35). The summed E-state index contributed by atoms with van der Waals surface area (Å²) in [5, 5.41) is 6.58. The van der Waals surface area contributed by atoms with E-state index in [1.165, 1.54) is 11.3 Å². The molecule has 2 N–H and O–H groups in total. The Morgan fingerprint density at radius 2 is 1.74 bits per heavy atom. The molecule has 194 valence electrons. The third kappa shape index (κ3) is 6.25. The summed E-state index contributed by atoms with van der Waals surface area (Å²) in [7, 11) is 0. The van der Waals surface area contributed by atoms with Crippen LogP contribution in [-0.4, -0.2) is 38.1 Å². The molecule has 4 aromatic rings. The van der Waals surface area contributed by atoms with Gasteiger partial charge in [-0.3, -0.25) is 9.59 Å². The van der Waals surface area contributed by atoms with E-state index in [4.69, 9.17) is 16.3 Å². The Kier molecular flexibility index (Phi) is 8.08. The first-order chi connectivity index (χ1) is 18.5. The van der Waals surface area contributed by atoms with Crippen LogP contribution in [0.4, 0.5) is 11.4 Å². The molecule has 5 rings (SSSR count). The molecule has 0 aliphatic carbocycles. The van der Waals surface area contributed by atoms with E-state index in [1.54, 1.807) is 6.07 Å². The van der Waals surface area contributed by atoms with Crippen molar-refractivity contribution in [3.63, 3.8) is 0 Å². The average molecular weight is 546 g/mol. The van der Waals surface area contributed by atoms with Crippen molar-refractivity contribution in [2.75, 3.05) is 36.5 Å². The number of carbonyl (C=O) groups is 2. The molecule has 0 unspecified atom stereocenters. The number of morpholine rings is 1. The number of hydrogen-bond donors (Lipinski definition) is 2. The summed E-state index contributed by atoms with van der Waals surface area (Å²) in [6.07, 6.45) is 0. The molecule has 0 bridgehead atoms. The van der Waals surface area contributed by atoms with Crippen molar-refractivity contribution in [3.8, 4) is 10.4 Å². The van der Waals surface area contributed by atoms with Crippen LogP contribution in [0.1, 0.15) is 31.2 Å². The molecule has 2 amide bonds. The molecule has 6 nitrogen and oxygen atoms in total. The Hall–Kier alpha value is -3.65. The Labute approximate surface area is 231 Å². The molecular formula is C30H28ClN3O3S. The van der Waals surface area contributed by atoms with Crippen LogP contribution in [-0.2, 0) is 11.3 Å². The summed E-state index contributed by atoms with van der Waals surface area (Å²) >= 11 is 7.44. The second-order valence-corrected chi connectivity index (χ2v) is 10.6. The van der Waals surface area contributed by atoms with Gasteiger partial charge in [0.2, 0.25) is 0 Å². The van der Waals surface area contributed by atoms with Gasteiger partial charge in [0, 0.05) is 46.5 Å². The van der Waals surface area contributed by atoms with Gasteiger partial charge in [-0.15, -0.1) is 11.3 Å². The first-order valence-electron chi connectivity index (χ1n) is 12.4. The molecule has 8 heteroatoms. The quantitative estimate of drug-likeness (QED) is 0.282. The lowest BCUT2D eigenvalue weighted by molar-refractivity contribution is 0.0954. The molecule has 1 saturated heterocycles. The number of thiophene rings is 1. The largest absolute Gasteiger partial charge is 0.378 e. The number of rotatable bonds is 7. The van der Waals surface area contributed by atoms with Crippen LogP contribution in [0.25, 0.3) is 10.4 Å². The highest BCUT2D eigenvalue weighted by Crippen LogP contribution is 2.32. The topological polar surface area (TPSA) is 70.7 Å². The highest BCUT2D eigenvalue weighted by Gasteiger charge is 2.15. The lowest BCUT2D eigenvalue weighted by atomic mass is 10.0. The predicted octanol–water partition coefficient (Wildman–Crippen LogP) is 6.40. The molecule has 0 saturated carbocycles. The van der Waals surface area contributed by atoms with Crippen LogP contribution in [0.2, 0.25) is 5.02 Å². The maximum atomic E-state index is 13.0. The van der Waals surface area contributed by atoms with Gasteiger partial charge in [0.05, 0.1) is 18.1 Å². The van der Waals surface area contributed by atoms with Gasteiger partial charge in [0.25, 0.3) is 11.8 Å².